The number of hydrogen-bond acceptors (Lipinski definition) is 14. The van der Waals surface area contributed by atoms with Crippen molar-refractivity contribution in [1.82, 2.24) is 18.7 Å². The molecule has 54 heavy (non-hydrogen) atoms. The molecule has 16 heteroatoms. The average molecular weight is 807 g/mol. The fraction of sp³-hybridized carbons (Fsp3) is 0.316. The Hall–Kier alpha value is -4.58. The third kappa shape index (κ3) is 12.2. The molecule has 0 radical (unpaired) electrons. The first-order valence-electron chi connectivity index (χ1n) is 17.1. The van der Waals surface area contributed by atoms with Crippen molar-refractivity contribution in [3.05, 3.63) is 93.7 Å². The summed E-state index contributed by atoms with van der Waals surface area (Å²) >= 11 is 5.45. The van der Waals surface area contributed by atoms with E-state index in [1.165, 1.54) is 11.1 Å². The minimum atomic E-state index is -0.624. The van der Waals surface area contributed by atoms with Crippen molar-refractivity contribution in [2.75, 3.05) is 37.1 Å². The quantitative estimate of drug-likeness (QED) is 0.138. The Morgan fingerprint density at radius 1 is 0.630 bits per heavy atom. The number of nitrogens with zero attached hydrogens (tertiary/aromatic N) is 4. The van der Waals surface area contributed by atoms with Crippen molar-refractivity contribution < 1.29 is 28.5 Å². The predicted molar refractivity (Wildman–Crippen MR) is 217 cm³/mol. The van der Waals surface area contributed by atoms with E-state index >= 15 is 0 Å². The molecule has 2 atom stereocenters. The zero-order valence-corrected chi connectivity index (χ0v) is 34.0. The van der Waals surface area contributed by atoms with Crippen LogP contribution in [0.25, 0.3) is 21.4 Å². The van der Waals surface area contributed by atoms with Crippen molar-refractivity contribution >= 4 is 67.8 Å². The van der Waals surface area contributed by atoms with Gasteiger partial charge in [-0.2, -0.15) is 18.7 Å². The van der Waals surface area contributed by atoms with Gasteiger partial charge in [0.1, 0.15) is 11.5 Å². The van der Waals surface area contributed by atoms with Gasteiger partial charge < -0.3 is 18.9 Å². The van der Waals surface area contributed by atoms with Crippen molar-refractivity contribution in [2.45, 2.75) is 53.8 Å². The lowest BCUT2D eigenvalue weighted by molar-refractivity contribution is -0.122. The van der Waals surface area contributed by atoms with Gasteiger partial charge in [-0.25, -0.2) is 0 Å². The number of hydrogen-bond donors (Lipinski definition) is 2. The molecule has 284 valence electrons. The Labute approximate surface area is 330 Å². The van der Waals surface area contributed by atoms with Gasteiger partial charge in [-0.3, -0.25) is 20.2 Å². The molecule has 1 aliphatic heterocycles. The van der Waals surface area contributed by atoms with Gasteiger partial charge in [-0.15, -0.1) is 22.7 Å². The highest BCUT2D eigenvalue weighted by molar-refractivity contribution is 7.14. The molecule has 1 saturated heterocycles. The van der Waals surface area contributed by atoms with Gasteiger partial charge in [0.15, 0.2) is 23.9 Å². The average Bonchev–Trinajstić information content (AvgIpc) is 4.01. The van der Waals surface area contributed by atoms with Crippen LogP contribution in [0.15, 0.2) is 71.4 Å². The molecule has 2 N–H and O–H groups in total. The van der Waals surface area contributed by atoms with E-state index in [0.29, 0.717) is 33.4 Å². The molecule has 1 fully saturated rings. The number of nitrogens with one attached hydrogen (secondary N) is 2. The van der Waals surface area contributed by atoms with Crippen LogP contribution in [0, 0.1) is 27.7 Å². The zero-order chi connectivity index (χ0) is 38.5. The van der Waals surface area contributed by atoms with Crippen molar-refractivity contribution in [1.29, 1.82) is 0 Å². The molecular formula is C38H42N6O6S4. The van der Waals surface area contributed by atoms with Gasteiger partial charge in [0.2, 0.25) is 10.3 Å². The number of carbonyl (C=O) groups is 2. The molecule has 1 aliphatic rings. The Bertz CT molecular complexity index is 1930. The van der Waals surface area contributed by atoms with E-state index in [-0.39, 0.29) is 11.8 Å². The smallest absolute Gasteiger partial charge is 0.266 e. The molecule has 7 rings (SSSR count). The lowest BCUT2D eigenvalue weighted by Gasteiger charge is -2.14. The van der Waals surface area contributed by atoms with E-state index in [4.69, 9.17) is 18.9 Å². The first kappa shape index (κ1) is 40.6. The molecular weight excluding hydrogens is 765 g/mol. The maximum atomic E-state index is 12.3. The molecule has 0 aliphatic carbocycles. The van der Waals surface area contributed by atoms with E-state index in [9.17, 15) is 9.59 Å². The summed E-state index contributed by atoms with van der Waals surface area (Å²) in [6.45, 7) is 14.6. The zero-order valence-electron chi connectivity index (χ0n) is 30.8. The number of benzene rings is 2. The van der Waals surface area contributed by atoms with E-state index < -0.39 is 12.2 Å². The standard InChI is InChI=1S/2C17H17N3O2S2.C4H8O2/c2*1-10-6-7-13(9-11(10)2)22-12(3)16(21)19-17-18-15(20-24-17)14-5-4-8-23-14;1-2-6-4-3-5-1/h2*4-9,12H,1-3H3,(H,18,19,20,21);1-4H2. The van der Waals surface area contributed by atoms with Crippen LogP contribution in [0.1, 0.15) is 36.1 Å². The Morgan fingerprint density at radius 3 is 1.37 bits per heavy atom. The summed E-state index contributed by atoms with van der Waals surface area (Å²) in [6.07, 6.45) is -1.25. The lowest BCUT2D eigenvalue weighted by atomic mass is 10.1. The van der Waals surface area contributed by atoms with Gasteiger partial charge in [0, 0.05) is 23.1 Å². The number of anilines is 2. The largest absolute Gasteiger partial charge is 0.481 e. The van der Waals surface area contributed by atoms with Gasteiger partial charge in [0.05, 0.1) is 36.2 Å². The van der Waals surface area contributed by atoms with Crippen LogP contribution in [0.5, 0.6) is 11.5 Å². The second-order valence-electron chi connectivity index (χ2n) is 12.0. The molecule has 12 nitrogen and oxygen atoms in total. The molecule has 4 aromatic heterocycles. The molecule has 0 saturated carbocycles. The van der Waals surface area contributed by atoms with Crippen LogP contribution in [0.4, 0.5) is 10.3 Å². The molecule has 5 heterocycles. The van der Waals surface area contributed by atoms with Gasteiger partial charge in [-0.1, -0.05) is 24.3 Å². The molecule has 0 bridgehead atoms. The summed E-state index contributed by atoms with van der Waals surface area (Å²) in [7, 11) is 0. The van der Waals surface area contributed by atoms with Gasteiger partial charge in [0.25, 0.3) is 11.8 Å². The number of rotatable bonds is 10. The van der Waals surface area contributed by atoms with Gasteiger partial charge >= 0.3 is 0 Å². The monoisotopic (exact) mass is 806 g/mol. The Balaban J connectivity index is 0.000000180. The number of aryl methyl sites for hydroxylation is 4. The van der Waals surface area contributed by atoms with Gasteiger partial charge in [-0.05, 0) is 111 Å². The summed E-state index contributed by atoms with van der Waals surface area (Å²) in [5, 5.41) is 10.4. The van der Waals surface area contributed by atoms with Crippen molar-refractivity contribution in [3.8, 4) is 32.9 Å². The van der Waals surface area contributed by atoms with Crippen LogP contribution in [-0.2, 0) is 19.1 Å². The van der Waals surface area contributed by atoms with E-state index in [0.717, 1.165) is 70.4 Å². The highest BCUT2D eigenvalue weighted by Gasteiger charge is 2.19. The van der Waals surface area contributed by atoms with Crippen LogP contribution in [-0.4, -0.2) is 69.2 Å². The van der Waals surface area contributed by atoms with E-state index in [1.54, 1.807) is 36.5 Å². The highest BCUT2D eigenvalue weighted by Crippen LogP contribution is 2.27. The molecule has 2 aromatic carbocycles. The van der Waals surface area contributed by atoms with Crippen LogP contribution < -0.4 is 20.1 Å². The maximum Gasteiger partial charge on any atom is 0.266 e. The first-order valence-corrected chi connectivity index (χ1v) is 20.4. The normalized spacial score (nSPS) is 13.3. The van der Waals surface area contributed by atoms with Crippen LogP contribution in [0.2, 0.25) is 0 Å². The number of ether oxygens (including phenoxy) is 4. The second kappa shape index (κ2) is 20.2. The number of thiophene rings is 2. The molecule has 2 amide bonds. The molecule has 2 unspecified atom stereocenters. The van der Waals surface area contributed by atoms with E-state index in [2.05, 4.69) is 29.3 Å². The molecule has 0 spiro atoms. The SMILES string of the molecule is C1COCCO1.Cc1ccc(OC(C)C(=O)Nc2nc(-c3cccs3)ns2)cc1C.Cc1ccc(OC(C)C(=O)Nc2nc(-c3cccs3)ns2)cc1C. The number of carbonyl (C=O) groups excluding carboxylic acids is 2. The third-order valence-electron chi connectivity index (χ3n) is 7.86. The maximum absolute atomic E-state index is 12.3. The highest BCUT2D eigenvalue weighted by atomic mass is 32.1. The van der Waals surface area contributed by atoms with Crippen molar-refractivity contribution in [2.24, 2.45) is 0 Å². The van der Waals surface area contributed by atoms with E-state index in [1.807, 2.05) is 99.1 Å². The summed E-state index contributed by atoms with van der Waals surface area (Å²) in [4.78, 5) is 35.2. The fourth-order valence-corrected chi connectivity index (χ4v) is 7.11. The first-order chi connectivity index (χ1) is 26.0. The summed E-state index contributed by atoms with van der Waals surface area (Å²) in [5.74, 6) is 2.12. The minimum Gasteiger partial charge on any atom is -0.481 e. The fourth-order valence-electron chi connectivity index (χ4n) is 4.50. The number of aromatic nitrogens is 4. The summed E-state index contributed by atoms with van der Waals surface area (Å²) < 4.78 is 29.8. The van der Waals surface area contributed by atoms with Crippen molar-refractivity contribution in [3.63, 3.8) is 0 Å². The number of amides is 2. The Kier molecular flexibility index (Phi) is 15.2. The lowest BCUT2D eigenvalue weighted by Crippen LogP contribution is -2.30. The second-order valence-corrected chi connectivity index (χ2v) is 15.4. The third-order valence-corrected chi connectivity index (χ3v) is 10.9. The summed E-state index contributed by atoms with van der Waals surface area (Å²) in [6, 6.07) is 19.3. The Morgan fingerprint density at radius 2 is 1.04 bits per heavy atom. The van der Waals surface area contributed by atoms with Crippen LogP contribution in [0.3, 0.4) is 0 Å². The summed E-state index contributed by atoms with van der Waals surface area (Å²) in [5.41, 5.74) is 4.64. The molecule has 6 aromatic rings. The topological polar surface area (TPSA) is 147 Å². The predicted octanol–water partition coefficient (Wildman–Crippen LogP) is 8.61. The minimum absolute atomic E-state index is 0.248. The van der Waals surface area contributed by atoms with Crippen LogP contribution >= 0.6 is 45.7 Å².